The van der Waals surface area contributed by atoms with Crippen LogP contribution in [0.25, 0.3) is 10.9 Å². The predicted molar refractivity (Wildman–Crippen MR) is 46.6 cm³/mol. The summed E-state index contributed by atoms with van der Waals surface area (Å²) in [5.41, 5.74) is 0.767. The van der Waals surface area contributed by atoms with Gasteiger partial charge in [0.2, 0.25) is 0 Å². The minimum atomic E-state index is 0.399. The zero-order chi connectivity index (χ0) is 8.55. The Balaban J connectivity index is 2.82. The van der Waals surface area contributed by atoms with Gasteiger partial charge in [0.15, 0.2) is 5.75 Å². The first-order valence-electron chi connectivity index (χ1n) is 3.40. The third-order valence-corrected chi connectivity index (χ3v) is 2.05. The van der Waals surface area contributed by atoms with Gasteiger partial charge in [0.1, 0.15) is 0 Å². The summed E-state index contributed by atoms with van der Waals surface area (Å²) < 4.78 is 0. The van der Waals surface area contributed by atoms with E-state index in [1.807, 2.05) is 0 Å². The number of benzene rings is 1. The molecular formula is C8H6ClNO2. The summed E-state index contributed by atoms with van der Waals surface area (Å²) in [5, 5.41) is 9.86. The molecule has 0 bridgehead atoms. The van der Waals surface area contributed by atoms with Crippen molar-refractivity contribution >= 4 is 22.5 Å². The summed E-state index contributed by atoms with van der Waals surface area (Å²) >= 11 is 5.86. The molecule has 2 rings (SSSR count). The van der Waals surface area contributed by atoms with E-state index in [-0.39, 0.29) is 0 Å². The van der Waals surface area contributed by atoms with Gasteiger partial charge in [-0.1, -0.05) is 11.6 Å². The fourth-order valence-electron chi connectivity index (χ4n) is 1.17. The van der Waals surface area contributed by atoms with Crippen LogP contribution in [0.15, 0.2) is 24.4 Å². The van der Waals surface area contributed by atoms with Gasteiger partial charge in [-0.2, -0.15) is 0 Å². The third kappa shape index (κ3) is 0.948. The van der Waals surface area contributed by atoms with Gasteiger partial charge in [-0.05, 0) is 18.2 Å². The van der Waals surface area contributed by atoms with E-state index < -0.39 is 0 Å². The van der Waals surface area contributed by atoms with Crippen LogP contribution in [-0.2, 0) is 0 Å². The highest BCUT2D eigenvalue weighted by Crippen LogP contribution is 2.29. The Morgan fingerprint density at radius 2 is 2.17 bits per heavy atom. The molecule has 0 atom stereocenters. The van der Waals surface area contributed by atoms with Gasteiger partial charge < -0.3 is 9.87 Å². The van der Waals surface area contributed by atoms with E-state index in [0.29, 0.717) is 10.8 Å². The van der Waals surface area contributed by atoms with Crippen LogP contribution < -0.4 is 4.89 Å². The topological polar surface area (TPSA) is 45.2 Å². The van der Waals surface area contributed by atoms with Gasteiger partial charge in [0.05, 0.1) is 10.5 Å². The number of aromatic nitrogens is 1. The Labute approximate surface area is 73.5 Å². The van der Waals surface area contributed by atoms with Crippen LogP contribution in [0.4, 0.5) is 0 Å². The summed E-state index contributed by atoms with van der Waals surface area (Å²) in [6, 6.07) is 5.05. The number of nitrogens with one attached hydrogen (secondary N) is 1. The van der Waals surface area contributed by atoms with E-state index in [1.165, 1.54) is 0 Å². The van der Waals surface area contributed by atoms with Crippen molar-refractivity contribution in [2.24, 2.45) is 0 Å². The molecule has 0 radical (unpaired) electrons. The number of halogens is 1. The van der Waals surface area contributed by atoms with Crippen LogP contribution in [0, 0.1) is 0 Å². The molecular weight excluding hydrogens is 178 g/mol. The second-order valence-corrected chi connectivity index (χ2v) is 2.81. The highest BCUT2D eigenvalue weighted by molar-refractivity contribution is 6.35. The van der Waals surface area contributed by atoms with E-state index >= 15 is 0 Å². The molecule has 1 aromatic heterocycles. The van der Waals surface area contributed by atoms with Gasteiger partial charge in [-0.3, -0.25) is 0 Å². The van der Waals surface area contributed by atoms with Crippen molar-refractivity contribution in [3.05, 3.63) is 29.4 Å². The average Bonchev–Trinajstić information content (AvgIpc) is 2.54. The molecule has 0 aliphatic rings. The molecule has 12 heavy (non-hydrogen) atoms. The van der Waals surface area contributed by atoms with Crippen molar-refractivity contribution in [1.82, 2.24) is 4.98 Å². The van der Waals surface area contributed by atoms with E-state index in [0.717, 1.165) is 10.9 Å². The van der Waals surface area contributed by atoms with Gasteiger partial charge in [0.25, 0.3) is 0 Å². The lowest BCUT2D eigenvalue weighted by molar-refractivity contribution is -0.136. The number of rotatable bonds is 1. The Hall–Kier alpha value is -1.19. The normalized spacial score (nSPS) is 10.5. The van der Waals surface area contributed by atoms with Gasteiger partial charge in [-0.25, -0.2) is 5.26 Å². The maximum atomic E-state index is 8.49. The fraction of sp³-hybridized carbons (Fsp3) is 0. The molecule has 0 amide bonds. The first-order valence-corrected chi connectivity index (χ1v) is 3.78. The zero-order valence-corrected chi connectivity index (χ0v) is 6.80. The minimum Gasteiger partial charge on any atom is -0.360 e. The average molecular weight is 184 g/mol. The molecule has 0 saturated heterocycles. The SMILES string of the molecule is OOc1ccc(Cl)c2[nH]ccc12. The molecule has 3 nitrogen and oxygen atoms in total. The summed E-state index contributed by atoms with van der Waals surface area (Å²) in [7, 11) is 0. The largest absolute Gasteiger partial charge is 0.360 e. The first-order chi connectivity index (χ1) is 5.83. The van der Waals surface area contributed by atoms with Crippen molar-refractivity contribution in [3.8, 4) is 5.75 Å². The molecule has 4 heteroatoms. The van der Waals surface area contributed by atoms with Crippen LogP contribution in [-0.4, -0.2) is 10.2 Å². The highest BCUT2D eigenvalue weighted by atomic mass is 35.5. The summed E-state index contributed by atoms with van der Waals surface area (Å²) in [4.78, 5) is 7.10. The van der Waals surface area contributed by atoms with Crippen LogP contribution >= 0.6 is 11.6 Å². The monoisotopic (exact) mass is 183 g/mol. The maximum Gasteiger partial charge on any atom is 0.174 e. The molecule has 0 saturated carbocycles. The molecule has 0 aliphatic carbocycles. The first kappa shape index (κ1) is 7.46. The van der Waals surface area contributed by atoms with Gasteiger partial charge >= 0.3 is 0 Å². The maximum absolute atomic E-state index is 8.49. The predicted octanol–water partition coefficient (Wildman–Crippen LogP) is 2.67. The van der Waals surface area contributed by atoms with Crippen LogP contribution in [0.5, 0.6) is 5.75 Å². The molecule has 0 spiro atoms. The molecule has 1 aromatic carbocycles. The lowest BCUT2D eigenvalue weighted by atomic mass is 10.2. The molecule has 1 heterocycles. The van der Waals surface area contributed by atoms with Crippen molar-refractivity contribution in [2.75, 3.05) is 0 Å². The van der Waals surface area contributed by atoms with E-state index in [2.05, 4.69) is 9.87 Å². The van der Waals surface area contributed by atoms with Crippen LogP contribution in [0.1, 0.15) is 0 Å². The second kappa shape index (κ2) is 2.69. The van der Waals surface area contributed by atoms with Crippen molar-refractivity contribution in [1.29, 1.82) is 0 Å². The molecule has 2 aromatic rings. The minimum absolute atomic E-state index is 0.399. The highest BCUT2D eigenvalue weighted by Gasteiger charge is 2.05. The van der Waals surface area contributed by atoms with Crippen molar-refractivity contribution < 1.29 is 10.1 Å². The van der Waals surface area contributed by atoms with Gasteiger partial charge in [0, 0.05) is 11.6 Å². The standard InChI is InChI=1S/C8H6ClNO2/c9-6-1-2-7(12-11)5-3-4-10-8(5)6/h1-4,10-11H. The quantitative estimate of drug-likeness (QED) is 0.528. The van der Waals surface area contributed by atoms with Crippen LogP contribution in [0.2, 0.25) is 5.02 Å². The molecule has 0 unspecified atom stereocenters. The van der Waals surface area contributed by atoms with E-state index in [1.54, 1.807) is 24.4 Å². The Kier molecular flexibility index (Phi) is 1.67. The smallest absolute Gasteiger partial charge is 0.174 e. The number of aromatic amines is 1. The van der Waals surface area contributed by atoms with Gasteiger partial charge in [-0.15, -0.1) is 0 Å². The zero-order valence-electron chi connectivity index (χ0n) is 6.04. The summed E-state index contributed by atoms with van der Waals surface area (Å²) in [5.74, 6) is 0.399. The molecule has 62 valence electrons. The Bertz CT molecular complexity index is 410. The number of hydrogen-bond acceptors (Lipinski definition) is 2. The second-order valence-electron chi connectivity index (χ2n) is 2.40. The number of fused-ring (bicyclic) bond motifs is 1. The third-order valence-electron chi connectivity index (χ3n) is 1.73. The van der Waals surface area contributed by atoms with E-state index in [9.17, 15) is 0 Å². The van der Waals surface area contributed by atoms with Crippen molar-refractivity contribution in [2.45, 2.75) is 0 Å². The molecule has 2 N–H and O–H groups in total. The Morgan fingerprint density at radius 3 is 2.92 bits per heavy atom. The number of hydrogen-bond donors (Lipinski definition) is 2. The molecule has 0 fully saturated rings. The van der Waals surface area contributed by atoms with Crippen LogP contribution in [0.3, 0.4) is 0 Å². The lowest BCUT2D eigenvalue weighted by Crippen LogP contribution is -1.83. The summed E-state index contributed by atoms with van der Waals surface area (Å²) in [6.07, 6.45) is 1.74. The van der Waals surface area contributed by atoms with E-state index in [4.69, 9.17) is 16.9 Å². The Morgan fingerprint density at radius 1 is 1.33 bits per heavy atom. The van der Waals surface area contributed by atoms with Crippen molar-refractivity contribution in [3.63, 3.8) is 0 Å². The number of H-pyrrole nitrogens is 1. The molecule has 0 aliphatic heterocycles. The fourth-order valence-corrected chi connectivity index (χ4v) is 1.39. The summed E-state index contributed by atoms with van der Waals surface area (Å²) in [6.45, 7) is 0. The lowest BCUT2D eigenvalue weighted by Gasteiger charge is -1.99.